The monoisotopic (exact) mass is 472 g/mol. The van der Waals surface area contributed by atoms with Gasteiger partial charge in [-0.1, -0.05) is 6.07 Å². The summed E-state index contributed by atoms with van der Waals surface area (Å²) in [6.45, 7) is 9.31. The SMILES string of the molecule is Cc1ccc(-c2ccc3c(c2)CN(C(=O)OC(C)(C)C)CCN3c2ccc3sccc3c2)nn1. The van der Waals surface area contributed by atoms with Gasteiger partial charge in [-0.3, -0.25) is 0 Å². The van der Waals surface area contributed by atoms with Gasteiger partial charge in [0.15, 0.2) is 0 Å². The summed E-state index contributed by atoms with van der Waals surface area (Å²) in [7, 11) is 0. The van der Waals surface area contributed by atoms with E-state index < -0.39 is 5.60 Å². The number of benzene rings is 2. The zero-order valence-corrected chi connectivity index (χ0v) is 20.7. The van der Waals surface area contributed by atoms with Gasteiger partial charge in [-0.05, 0) is 92.6 Å². The zero-order valence-electron chi connectivity index (χ0n) is 19.9. The van der Waals surface area contributed by atoms with Gasteiger partial charge in [-0.25, -0.2) is 4.79 Å². The molecular formula is C27H28N4O2S. The van der Waals surface area contributed by atoms with E-state index in [1.807, 2.05) is 39.8 Å². The molecule has 4 aromatic rings. The van der Waals surface area contributed by atoms with Crippen LogP contribution in [0.3, 0.4) is 0 Å². The summed E-state index contributed by atoms with van der Waals surface area (Å²) in [4.78, 5) is 17.1. The Balaban J connectivity index is 1.56. The fourth-order valence-electron chi connectivity index (χ4n) is 4.19. The van der Waals surface area contributed by atoms with Crippen molar-refractivity contribution in [2.75, 3.05) is 18.0 Å². The van der Waals surface area contributed by atoms with Gasteiger partial charge in [-0.2, -0.15) is 10.2 Å². The van der Waals surface area contributed by atoms with Gasteiger partial charge >= 0.3 is 6.09 Å². The molecule has 0 unspecified atom stereocenters. The van der Waals surface area contributed by atoms with Crippen LogP contribution >= 0.6 is 11.3 Å². The van der Waals surface area contributed by atoms with Crippen LogP contribution in [0.5, 0.6) is 0 Å². The molecule has 5 rings (SSSR count). The third kappa shape index (κ3) is 4.61. The number of hydrogen-bond acceptors (Lipinski definition) is 6. The third-order valence-corrected chi connectivity index (χ3v) is 6.72. The van der Waals surface area contributed by atoms with E-state index >= 15 is 0 Å². The van der Waals surface area contributed by atoms with Gasteiger partial charge in [0.25, 0.3) is 0 Å². The highest BCUT2D eigenvalue weighted by Gasteiger charge is 2.28. The molecule has 0 radical (unpaired) electrons. The quantitative estimate of drug-likeness (QED) is 0.331. The first kappa shape index (κ1) is 22.3. The predicted octanol–water partition coefficient (Wildman–Crippen LogP) is 6.56. The predicted molar refractivity (Wildman–Crippen MR) is 138 cm³/mol. The van der Waals surface area contributed by atoms with Crippen LogP contribution < -0.4 is 4.90 Å². The van der Waals surface area contributed by atoms with Crippen LogP contribution in [0.2, 0.25) is 0 Å². The van der Waals surface area contributed by atoms with Crippen LogP contribution in [0, 0.1) is 6.92 Å². The molecule has 174 valence electrons. The van der Waals surface area contributed by atoms with Crippen LogP contribution in [0.25, 0.3) is 21.3 Å². The molecule has 1 aliphatic rings. The minimum atomic E-state index is -0.546. The minimum Gasteiger partial charge on any atom is -0.444 e. The Morgan fingerprint density at radius 2 is 1.85 bits per heavy atom. The first-order valence-corrected chi connectivity index (χ1v) is 12.3. The summed E-state index contributed by atoms with van der Waals surface area (Å²) in [6, 6.07) is 19.0. The number of nitrogens with zero attached hydrogens (tertiary/aromatic N) is 4. The fraction of sp³-hybridized carbons (Fsp3) is 0.296. The molecule has 1 aliphatic heterocycles. The van der Waals surface area contributed by atoms with Crippen LogP contribution in [-0.2, 0) is 11.3 Å². The molecule has 34 heavy (non-hydrogen) atoms. The second-order valence-electron chi connectivity index (χ2n) is 9.60. The highest BCUT2D eigenvalue weighted by atomic mass is 32.1. The van der Waals surface area contributed by atoms with Crippen molar-refractivity contribution in [3.63, 3.8) is 0 Å². The van der Waals surface area contributed by atoms with E-state index in [0.29, 0.717) is 19.6 Å². The molecule has 6 nitrogen and oxygen atoms in total. The van der Waals surface area contributed by atoms with Gasteiger partial charge in [0, 0.05) is 34.7 Å². The summed E-state index contributed by atoms with van der Waals surface area (Å²) in [6.07, 6.45) is -0.297. The molecule has 1 amide bonds. The van der Waals surface area contributed by atoms with Crippen molar-refractivity contribution in [1.29, 1.82) is 0 Å². The Labute approximate surface area is 203 Å². The Hall–Kier alpha value is -3.45. The largest absolute Gasteiger partial charge is 0.444 e. The molecular weight excluding hydrogens is 444 g/mol. The Morgan fingerprint density at radius 3 is 2.62 bits per heavy atom. The number of fused-ring (bicyclic) bond motifs is 2. The molecule has 0 bridgehead atoms. The maximum absolute atomic E-state index is 13.0. The highest BCUT2D eigenvalue weighted by molar-refractivity contribution is 7.17. The van der Waals surface area contributed by atoms with E-state index in [0.717, 1.165) is 33.9 Å². The smallest absolute Gasteiger partial charge is 0.410 e. The summed E-state index contributed by atoms with van der Waals surface area (Å²) >= 11 is 1.74. The van der Waals surface area contributed by atoms with Gasteiger partial charge in [0.05, 0.1) is 17.9 Å². The Bertz CT molecular complexity index is 1340. The van der Waals surface area contributed by atoms with Crippen molar-refractivity contribution in [3.8, 4) is 11.3 Å². The number of amides is 1. The molecule has 7 heteroatoms. The lowest BCUT2D eigenvalue weighted by atomic mass is 10.0. The number of carbonyl (C=O) groups excluding carboxylic acids is 1. The number of thiophene rings is 1. The van der Waals surface area contributed by atoms with Crippen molar-refractivity contribution in [1.82, 2.24) is 15.1 Å². The molecule has 3 heterocycles. The number of anilines is 2. The standard InChI is InChI=1S/C27H28N4O2S/c1-18-5-8-23(29-28-18)19-6-9-24-21(15-19)17-30(26(32)33-27(2,3)4)12-13-31(24)22-7-10-25-20(16-22)11-14-34-25/h5-11,14-16H,12-13,17H2,1-4H3. The number of ether oxygens (including phenoxy) is 1. The first-order chi connectivity index (χ1) is 16.3. The Morgan fingerprint density at radius 1 is 1.00 bits per heavy atom. The fourth-order valence-corrected chi connectivity index (χ4v) is 4.96. The normalized spacial score (nSPS) is 14.1. The molecule has 2 aromatic carbocycles. The van der Waals surface area contributed by atoms with Crippen LogP contribution in [0.15, 0.2) is 60.0 Å². The van der Waals surface area contributed by atoms with E-state index in [1.165, 1.54) is 10.1 Å². The summed E-state index contributed by atoms with van der Waals surface area (Å²) in [5.74, 6) is 0. The van der Waals surface area contributed by atoms with Gasteiger partial charge < -0.3 is 14.5 Å². The van der Waals surface area contributed by atoms with E-state index in [1.54, 1.807) is 16.2 Å². The molecule has 0 N–H and O–H groups in total. The Kier molecular flexibility index (Phi) is 5.73. The number of aromatic nitrogens is 2. The molecule has 0 fully saturated rings. The summed E-state index contributed by atoms with van der Waals surface area (Å²) in [5, 5.41) is 11.9. The second-order valence-corrected chi connectivity index (χ2v) is 10.5. The number of hydrogen-bond donors (Lipinski definition) is 0. The number of carbonyl (C=O) groups is 1. The van der Waals surface area contributed by atoms with Crippen molar-refractivity contribution < 1.29 is 9.53 Å². The molecule has 0 aliphatic carbocycles. The van der Waals surface area contributed by atoms with Crippen molar-refractivity contribution >= 4 is 38.9 Å². The zero-order chi connectivity index (χ0) is 23.9. The van der Waals surface area contributed by atoms with Crippen molar-refractivity contribution in [3.05, 3.63) is 71.2 Å². The maximum atomic E-state index is 13.0. The van der Waals surface area contributed by atoms with E-state index in [2.05, 4.69) is 62.9 Å². The molecule has 0 spiro atoms. The lowest BCUT2D eigenvalue weighted by molar-refractivity contribution is 0.0244. The van der Waals surface area contributed by atoms with Crippen LogP contribution in [0.1, 0.15) is 32.0 Å². The average molecular weight is 473 g/mol. The average Bonchev–Trinajstić information content (AvgIpc) is 3.17. The second kappa shape index (κ2) is 8.72. The molecule has 0 saturated carbocycles. The summed E-state index contributed by atoms with van der Waals surface area (Å²) < 4.78 is 6.98. The molecule has 0 atom stereocenters. The van der Waals surface area contributed by atoms with Crippen LogP contribution in [0.4, 0.5) is 16.2 Å². The highest BCUT2D eigenvalue weighted by Crippen LogP contribution is 2.36. The lowest BCUT2D eigenvalue weighted by Crippen LogP contribution is -2.38. The number of aryl methyl sites for hydroxylation is 1. The first-order valence-electron chi connectivity index (χ1n) is 11.4. The van der Waals surface area contributed by atoms with Crippen molar-refractivity contribution in [2.24, 2.45) is 0 Å². The minimum absolute atomic E-state index is 0.297. The number of rotatable bonds is 2. The van der Waals surface area contributed by atoms with E-state index in [4.69, 9.17) is 4.74 Å². The van der Waals surface area contributed by atoms with E-state index in [-0.39, 0.29) is 6.09 Å². The maximum Gasteiger partial charge on any atom is 0.410 e. The van der Waals surface area contributed by atoms with Crippen LogP contribution in [-0.4, -0.2) is 39.9 Å². The molecule has 0 saturated heterocycles. The topological polar surface area (TPSA) is 58.6 Å². The lowest BCUT2D eigenvalue weighted by Gasteiger charge is -2.27. The van der Waals surface area contributed by atoms with Crippen molar-refractivity contribution in [2.45, 2.75) is 39.8 Å². The molecule has 2 aromatic heterocycles. The van der Waals surface area contributed by atoms with Gasteiger partial charge in [-0.15, -0.1) is 11.3 Å². The third-order valence-electron chi connectivity index (χ3n) is 5.82. The van der Waals surface area contributed by atoms with Gasteiger partial charge in [0.1, 0.15) is 5.60 Å². The van der Waals surface area contributed by atoms with E-state index in [9.17, 15) is 4.79 Å². The van der Waals surface area contributed by atoms with Gasteiger partial charge in [0.2, 0.25) is 0 Å². The summed E-state index contributed by atoms with van der Waals surface area (Å²) in [5.41, 5.74) is 5.37.